The number of fused-ring (bicyclic) bond motifs is 1. The lowest BCUT2D eigenvalue weighted by atomic mass is 9.77. The normalized spacial score (nSPS) is 17.2. The lowest BCUT2D eigenvalue weighted by molar-refractivity contribution is -0.141. The predicted molar refractivity (Wildman–Crippen MR) is 123 cm³/mol. The molecule has 0 saturated carbocycles. The van der Waals surface area contributed by atoms with Gasteiger partial charge in [0, 0.05) is 12.2 Å². The number of nitrogens with zero attached hydrogens (tertiary/aromatic N) is 1. The molecule has 36 heavy (non-hydrogen) atoms. The highest BCUT2D eigenvalue weighted by molar-refractivity contribution is 6.32. The molecule has 1 aliphatic heterocycles. The van der Waals surface area contributed by atoms with Gasteiger partial charge in [-0.1, -0.05) is 17.5 Å². The van der Waals surface area contributed by atoms with Gasteiger partial charge in [-0.05, 0) is 56.2 Å². The number of carbonyl (C=O) groups excluding carboxylic acids is 3. The summed E-state index contributed by atoms with van der Waals surface area (Å²) in [7, 11) is 0. The van der Waals surface area contributed by atoms with Crippen LogP contribution in [0.1, 0.15) is 25.0 Å². The van der Waals surface area contributed by atoms with Crippen LogP contribution in [0.25, 0.3) is 0 Å². The van der Waals surface area contributed by atoms with E-state index in [2.05, 4.69) is 16.6 Å². The maximum atomic E-state index is 14.4. The number of hydrogen-bond acceptors (Lipinski definition) is 4. The van der Waals surface area contributed by atoms with Crippen LogP contribution in [0, 0.1) is 23.6 Å². The number of terminal acetylenes is 1. The van der Waals surface area contributed by atoms with Crippen molar-refractivity contribution in [2.75, 3.05) is 18.0 Å². The minimum atomic E-state index is -4.80. The van der Waals surface area contributed by atoms with Gasteiger partial charge in [-0.15, -0.1) is 6.42 Å². The highest BCUT2D eigenvalue weighted by atomic mass is 35.5. The molecule has 1 heterocycles. The summed E-state index contributed by atoms with van der Waals surface area (Å²) in [5.74, 6) is -1.15. The molecule has 1 unspecified atom stereocenters. The van der Waals surface area contributed by atoms with E-state index in [4.69, 9.17) is 22.8 Å². The zero-order valence-corrected chi connectivity index (χ0v) is 19.8. The number of carbonyl (C=O) groups is 3. The molecule has 2 aromatic rings. The van der Waals surface area contributed by atoms with Crippen LogP contribution in [0.4, 0.5) is 28.0 Å². The largest absolute Gasteiger partial charge is 0.453 e. The molecule has 3 rings (SSSR count). The molecule has 2 N–H and O–H groups in total. The summed E-state index contributed by atoms with van der Waals surface area (Å²) in [5.41, 5.74) is -2.27. The van der Waals surface area contributed by atoms with Crippen molar-refractivity contribution in [3.63, 3.8) is 0 Å². The third-order valence-electron chi connectivity index (χ3n) is 5.46. The number of alkyl halides is 3. The van der Waals surface area contributed by atoms with E-state index in [0.717, 1.165) is 0 Å². The van der Waals surface area contributed by atoms with Crippen LogP contribution in [-0.2, 0) is 22.2 Å². The molecule has 2 aromatic carbocycles. The number of rotatable bonds is 5. The van der Waals surface area contributed by atoms with Gasteiger partial charge in [0.25, 0.3) is 0 Å². The van der Waals surface area contributed by atoms with E-state index >= 15 is 0 Å². The molecular weight excluding hydrogens is 506 g/mol. The number of halogens is 5. The minimum Gasteiger partial charge on any atom is -0.453 e. The maximum absolute atomic E-state index is 14.4. The van der Waals surface area contributed by atoms with Gasteiger partial charge in [-0.3, -0.25) is 19.8 Å². The Hall–Kier alpha value is -3.78. The van der Waals surface area contributed by atoms with Crippen molar-refractivity contribution >= 4 is 35.1 Å². The first kappa shape index (κ1) is 26.8. The lowest BCUT2D eigenvalue weighted by Crippen LogP contribution is -2.57. The molecule has 7 nitrogen and oxygen atoms in total. The molecule has 0 aromatic heterocycles. The number of ether oxygens (including phenoxy) is 1. The minimum absolute atomic E-state index is 0.0178. The Bertz CT molecular complexity index is 1250. The second-order valence-electron chi connectivity index (χ2n) is 8.08. The van der Waals surface area contributed by atoms with E-state index in [0.29, 0.717) is 17.3 Å². The van der Waals surface area contributed by atoms with Crippen molar-refractivity contribution < 1.29 is 36.7 Å². The number of urea groups is 1. The van der Waals surface area contributed by atoms with Crippen LogP contribution in [0.15, 0.2) is 30.3 Å². The van der Waals surface area contributed by atoms with Gasteiger partial charge < -0.3 is 10.1 Å². The molecule has 190 valence electrons. The van der Waals surface area contributed by atoms with Gasteiger partial charge in [-0.25, -0.2) is 9.18 Å². The first-order valence-corrected chi connectivity index (χ1v) is 10.9. The Morgan fingerprint density at radius 3 is 2.56 bits per heavy atom. The molecule has 0 aliphatic carbocycles. The molecule has 0 bridgehead atoms. The number of benzene rings is 2. The highest BCUT2D eigenvalue weighted by Crippen LogP contribution is 2.42. The molecule has 1 atom stereocenters. The Balaban J connectivity index is 1.99. The van der Waals surface area contributed by atoms with Gasteiger partial charge in [0.05, 0.1) is 17.1 Å². The summed E-state index contributed by atoms with van der Waals surface area (Å²) in [6.07, 6.45) is 0.425. The van der Waals surface area contributed by atoms with Crippen LogP contribution in [-0.4, -0.2) is 30.9 Å². The van der Waals surface area contributed by atoms with E-state index in [-0.39, 0.29) is 31.3 Å². The van der Waals surface area contributed by atoms with Crippen LogP contribution >= 0.6 is 11.6 Å². The summed E-state index contributed by atoms with van der Waals surface area (Å²) < 4.78 is 58.6. The van der Waals surface area contributed by atoms with E-state index in [1.807, 2.05) is 0 Å². The highest BCUT2D eigenvalue weighted by Gasteiger charge is 2.48. The summed E-state index contributed by atoms with van der Waals surface area (Å²) in [6.45, 7) is 3.06. The molecule has 4 amide bonds. The number of hydrogen-bond donors (Lipinski definition) is 2. The molecular formula is C24H20ClF4N3O4. The maximum Gasteiger partial charge on any atom is 0.416 e. The number of amides is 4. The Morgan fingerprint density at radius 1 is 1.28 bits per heavy atom. The fraction of sp³-hybridized carbons (Fsp3) is 0.292. The average molecular weight is 526 g/mol. The number of imide groups is 1. The second kappa shape index (κ2) is 10.1. The van der Waals surface area contributed by atoms with E-state index in [1.165, 1.54) is 30.0 Å². The third kappa shape index (κ3) is 5.23. The van der Waals surface area contributed by atoms with Gasteiger partial charge in [-0.2, -0.15) is 13.2 Å². The van der Waals surface area contributed by atoms with E-state index in [1.54, 1.807) is 6.92 Å². The van der Waals surface area contributed by atoms with Crippen LogP contribution < -0.4 is 20.3 Å². The summed E-state index contributed by atoms with van der Waals surface area (Å²) >= 11 is 5.85. The van der Waals surface area contributed by atoms with Gasteiger partial charge >= 0.3 is 12.2 Å². The zero-order chi connectivity index (χ0) is 26.8. The van der Waals surface area contributed by atoms with Gasteiger partial charge in [0.2, 0.25) is 11.8 Å². The Labute approximate surface area is 208 Å². The Morgan fingerprint density at radius 2 is 1.97 bits per heavy atom. The molecule has 0 saturated heterocycles. The molecule has 12 heteroatoms. The van der Waals surface area contributed by atoms with Crippen molar-refractivity contribution in [2.24, 2.45) is 5.41 Å². The van der Waals surface area contributed by atoms with Crippen molar-refractivity contribution in [2.45, 2.75) is 26.4 Å². The topological polar surface area (TPSA) is 87.7 Å². The monoisotopic (exact) mass is 525 g/mol. The Kier molecular flexibility index (Phi) is 7.50. The number of nitrogens with one attached hydrogen (secondary N) is 2. The summed E-state index contributed by atoms with van der Waals surface area (Å²) in [4.78, 5) is 39.2. The zero-order valence-electron chi connectivity index (χ0n) is 19.1. The van der Waals surface area contributed by atoms with Crippen molar-refractivity contribution in [1.29, 1.82) is 0 Å². The summed E-state index contributed by atoms with van der Waals surface area (Å²) in [6, 6.07) is 4.19. The van der Waals surface area contributed by atoms with E-state index < -0.39 is 51.6 Å². The van der Waals surface area contributed by atoms with Crippen molar-refractivity contribution in [1.82, 2.24) is 10.6 Å². The van der Waals surface area contributed by atoms with Gasteiger partial charge in [0.1, 0.15) is 11.2 Å². The first-order valence-electron chi connectivity index (χ1n) is 10.5. The first-order chi connectivity index (χ1) is 16.8. The average Bonchev–Trinajstić information content (AvgIpc) is 2.78. The van der Waals surface area contributed by atoms with Crippen LogP contribution in [0.2, 0.25) is 5.02 Å². The summed E-state index contributed by atoms with van der Waals surface area (Å²) in [5, 5.41) is 3.92. The smallest absolute Gasteiger partial charge is 0.416 e. The van der Waals surface area contributed by atoms with Crippen LogP contribution in [0.5, 0.6) is 11.5 Å². The van der Waals surface area contributed by atoms with Gasteiger partial charge in [0.15, 0.2) is 11.6 Å². The van der Waals surface area contributed by atoms with Crippen molar-refractivity contribution in [3.05, 3.63) is 52.3 Å². The quantitative estimate of drug-likeness (QED) is 0.337. The fourth-order valence-corrected chi connectivity index (χ4v) is 3.95. The molecule has 0 radical (unpaired) electrons. The fourth-order valence-electron chi connectivity index (χ4n) is 3.70. The van der Waals surface area contributed by atoms with Crippen LogP contribution in [0.3, 0.4) is 0 Å². The molecule has 1 aliphatic rings. The third-order valence-corrected chi connectivity index (χ3v) is 5.74. The SMILES string of the molecule is C#CCN1C(=O)C(C)(C(=O)NC(=O)NCC)Cc2cc(Oc3c(F)cc(C(F)(F)F)cc3Cl)ccc21. The molecule has 0 fully saturated rings. The second-order valence-corrected chi connectivity index (χ2v) is 8.48. The van der Waals surface area contributed by atoms with Crippen molar-refractivity contribution in [3.8, 4) is 23.8 Å². The molecule has 0 spiro atoms. The van der Waals surface area contributed by atoms with E-state index in [9.17, 15) is 31.9 Å². The lowest BCUT2D eigenvalue weighted by Gasteiger charge is -2.38. The standard InChI is InChI=1S/C24H20ClF4N3O4/c1-4-8-32-18-7-6-15(36-19-16(25)10-14(11-17(19)26)24(27,28)29)9-13(18)12-23(3,21(32)34)20(33)31-22(35)30-5-2/h1,6-7,9-11H,5,8,12H2,2-3H3,(H2,30,31,33,35). The predicted octanol–water partition coefficient (Wildman–Crippen LogP) is 4.66. The number of anilines is 1.